The van der Waals surface area contributed by atoms with Gasteiger partial charge >= 0.3 is 0 Å². The number of carbonyl (C=O) groups excluding carboxylic acids is 3. The lowest BCUT2D eigenvalue weighted by Gasteiger charge is -2.19. The highest BCUT2D eigenvalue weighted by Crippen LogP contribution is 2.37. The summed E-state index contributed by atoms with van der Waals surface area (Å²) in [7, 11) is 0. The van der Waals surface area contributed by atoms with Crippen LogP contribution in [0.2, 0.25) is 0 Å². The average Bonchev–Trinajstić information content (AvgIpc) is 3.07. The van der Waals surface area contributed by atoms with Gasteiger partial charge in [-0.25, -0.2) is 5.10 Å². The van der Waals surface area contributed by atoms with Gasteiger partial charge in [0, 0.05) is 13.0 Å². The number of aromatic nitrogens is 3. The molecule has 3 rings (SSSR count). The lowest BCUT2D eigenvalue weighted by Crippen LogP contribution is -2.34. The molecule has 0 aromatic carbocycles. The van der Waals surface area contributed by atoms with Gasteiger partial charge in [-0.2, -0.15) is 10.1 Å². The van der Waals surface area contributed by atoms with Crippen LogP contribution in [0.25, 0.3) is 0 Å². The van der Waals surface area contributed by atoms with E-state index in [4.69, 9.17) is 0 Å². The number of fused-ring (bicyclic) bond motifs is 1. The molecule has 1 aromatic heterocycles. The molecule has 1 saturated carbocycles. The van der Waals surface area contributed by atoms with Crippen LogP contribution in [0.3, 0.4) is 0 Å². The van der Waals surface area contributed by atoms with Crippen molar-refractivity contribution in [1.82, 2.24) is 20.1 Å². The first-order valence-electron chi connectivity index (χ1n) is 7.17. The number of H-pyrrole nitrogens is 1. The molecule has 1 aliphatic carbocycles. The highest BCUT2D eigenvalue weighted by molar-refractivity contribution is 6.05. The van der Waals surface area contributed by atoms with Gasteiger partial charge in [-0.1, -0.05) is 12.8 Å². The number of rotatable bonds is 4. The highest BCUT2D eigenvalue weighted by atomic mass is 16.2. The van der Waals surface area contributed by atoms with Crippen LogP contribution in [-0.2, 0) is 14.4 Å². The largest absolute Gasteiger partial charge is 0.295 e. The zero-order valence-corrected chi connectivity index (χ0v) is 11.5. The quantitative estimate of drug-likeness (QED) is 0.776. The van der Waals surface area contributed by atoms with Crippen molar-refractivity contribution < 1.29 is 14.4 Å². The van der Waals surface area contributed by atoms with Crippen molar-refractivity contribution in [3.63, 3.8) is 0 Å². The number of hydrogen-bond donors (Lipinski definition) is 2. The monoisotopic (exact) mass is 291 g/mol. The summed E-state index contributed by atoms with van der Waals surface area (Å²) in [5.41, 5.74) is 0. The van der Waals surface area contributed by atoms with Gasteiger partial charge < -0.3 is 0 Å². The normalized spacial score (nSPS) is 25.0. The zero-order valence-electron chi connectivity index (χ0n) is 11.5. The molecule has 0 radical (unpaired) electrons. The Morgan fingerprint density at radius 3 is 2.52 bits per heavy atom. The predicted molar refractivity (Wildman–Crippen MR) is 71.8 cm³/mol. The molecule has 0 bridgehead atoms. The summed E-state index contributed by atoms with van der Waals surface area (Å²) in [6, 6.07) is 0. The Morgan fingerprint density at radius 1 is 1.29 bits per heavy atom. The Morgan fingerprint density at radius 2 is 1.95 bits per heavy atom. The first-order valence-corrected chi connectivity index (χ1v) is 7.17. The van der Waals surface area contributed by atoms with Crippen LogP contribution in [0.4, 0.5) is 5.95 Å². The fourth-order valence-electron chi connectivity index (χ4n) is 3.12. The maximum absolute atomic E-state index is 12.2. The zero-order chi connectivity index (χ0) is 14.8. The van der Waals surface area contributed by atoms with E-state index in [0.29, 0.717) is 0 Å². The van der Waals surface area contributed by atoms with Crippen LogP contribution < -0.4 is 5.32 Å². The SMILES string of the molecule is O=C(CCN1C(=O)C2CCCCC2C1=O)Nc1ncn[nH]1. The van der Waals surface area contributed by atoms with Gasteiger partial charge in [0.15, 0.2) is 0 Å². The summed E-state index contributed by atoms with van der Waals surface area (Å²) < 4.78 is 0. The summed E-state index contributed by atoms with van der Waals surface area (Å²) in [6.45, 7) is 0.130. The molecule has 2 unspecified atom stereocenters. The molecule has 2 aliphatic rings. The number of nitrogens with zero attached hydrogens (tertiary/aromatic N) is 3. The number of amides is 3. The standard InChI is InChI=1S/C13H17N5O3/c19-10(16-13-14-7-15-17-13)5-6-18-11(20)8-3-1-2-4-9(8)12(18)21/h7-9H,1-6H2,(H2,14,15,16,17,19). The predicted octanol–water partition coefficient (Wildman–Crippen LogP) is 0.308. The Balaban J connectivity index is 1.56. The summed E-state index contributed by atoms with van der Waals surface area (Å²) in [4.78, 5) is 41.2. The van der Waals surface area contributed by atoms with Gasteiger partial charge in [0.05, 0.1) is 11.8 Å². The fourth-order valence-corrected chi connectivity index (χ4v) is 3.12. The van der Waals surface area contributed by atoms with Crippen molar-refractivity contribution in [3.8, 4) is 0 Å². The Kier molecular flexibility index (Phi) is 3.68. The number of anilines is 1. The molecule has 21 heavy (non-hydrogen) atoms. The van der Waals surface area contributed by atoms with Crippen LogP contribution in [0.15, 0.2) is 6.33 Å². The van der Waals surface area contributed by atoms with E-state index < -0.39 is 0 Å². The van der Waals surface area contributed by atoms with Gasteiger partial charge in [0.1, 0.15) is 6.33 Å². The summed E-state index contributed by atoms with van der Waals surface area (Å²) in [6.07, 6.45) is 4.93. The summed E-state index contributed by atoms with van der Waals surface area (Å²) in [5, 5.41) is 8.65. The minimum atomic E-state index is -0.303. The van der Waals surface area contributed by atoms with Crippen molar-refractivity contribution in [2.24, 2.45) is 11.8 Å². The first kappa shape index (κ1) is 13.7. The van der Waals surface area contributed by atoms with Crippen LogP contribution in [-0.4, -0.2) is 44.3 Å². The second-order valence-electron chi connectivity index (χ2n) is 5.46. The van der Waals surface area contributed by atoms with Crippen LogP contribution in [0.1, 0.15) is 32.1 Å². The van der Waals surface area contributed by atoms with Crippen molar-refractivity contribution in [1.29, 1.82) is 0 Å². The molecular formula is C13H17N5O3. The van der Waals surface area contributed by atoms with E-state index >= 15 is 0 Å². The number of likely N-dealkylation sites (tertiary alicyclic amines) is 1. The third-order valence-electron chi connectivity index (χ3n) is 4.17. The molecule has 3 amide bonds. The van der Waals surface area contributed by atoms with Gasteiger partial charge in [0.25, 0.3) is 0 Å². The van der Waals surface area contributed by atoms with E-state index in [1.165, 1.54) is 11.2 Å². The number of nitrogens with one attached hydrogen (secondary N) is 2. The topological polar surface area (TPSA) is 108 Å². The summed E-state index contributed by atoms with van der Waals surface area (Å²) in [5.74, 6) is -0.600. The Bertz CT molecular complexity index is 532. The van der Waals surface area contributed by atoms with E-state index in [9.17, 15) is 14.4 Å². The smallest absolute Gasteiger partial charge is 0.233 e. The molecule has 112 valence electrons. The molecule has 1 aliphatic heterocycles. The molecule has 2 heterocycles. The minimum absolute atomic E-state index is 0.0671. The van der Waals surface area contributed by atoms with E-state index in [-0.39, 0.29) is 48.5 Å². The molecular weight excluding hydrogens is 274 g/mol. The Labute approximate surface area is 121 Å². The van der Waals surface area contributed by atoms with E-state index in [1.807, 2.05) is 0 Å². The molecule has 0 spiro atoms. The van der Waals surface area contributed by atoms with Crippen LogP contribution >= 0.6 is 0 Å². The van der Waals surface area contributed by atoms with Gasteiger partial charge in [-0.15, -0.1) is 0 Å². The second kappa shape index (κ2) is 5.63. The number of carbonyl (C=O) groups is 3. The van der Waals surface area contributed by atoms with Crippen LogP contribution in [0.5, 0.6) is 0 Å². The lowest BCUT2D eigenvalue weighted by molar-refractivity contribution is -0.140. The minimum Gasteiger partial charge on any atom is -0.295 e. The van der Waals surface area contributed by atoms with Crippen molar-refractivity contribution in [2.45, 2.75) is 32.1 Å². The van der Waals surface area contributed by atoms with E-state index in [1.54, 1.807) is 0 Å². The number of aromatic amines is 1. The third-order valence-corrected chi connectivity index (χ3v) is 4.17. The molecule has 2 fully saturated rings. The van der Waals surface area contributed by atoms with Gasteiger partial charge in [-0.3, -0.25) is 24.6 Å². The highest BCUT2D eigenvalue weighted by Gasteiger charge is 2.47. The molecule has 2 N–H and O–H groups in total. The maximum atomic E-state index is 12.2. The molecule has 8 nitrogen and oxygen atoms in total. The maximum Gasteiger partial charge on any atom is 0.233 e. The van der Waals surface area contributed by atoms with Crippen LogP contribution in [0, 0.1) is 11.8 Å². The van der Waals surface area contributed by atoms with Gasteiger partial charge in [-0.05, 0) is 12.8 Å². The number of hydrogen-bond acceptors (Lipinski definition) is 5. The number of imide groups is 1. The average molecular weight is 291 g/mol. The summed E-state index contributed by atoms with van der Waals surface area (Å²) >= 11 is 0. The van der Waals surface area contributed by atoms with E-state index in [0.717, 1.165) is 25.7 Å². The second-order valence-corrected chi connectivity index (χ2v) is 5.46. The molecule has 1 aromatic rings. The third kappa shape index (κ3) is 2.65. The van der Waals surface area contributed by atoms with Crippen molar-refractivity contribution in [2.75, 3.05) is 11.9 Å². The van der Waals surface area contributed by atoms with Crippen molar-refractivity contribution in [3.05, 3.63) is 6.33 Å². The molecule has 2 atom stereocenters. The molecule has 1 saturated heterocycles. The Hall–Kier alpha value is -2.25. The fraction of sp³-hybridized carbons (Fsp3) is 0.615. The molecule has 8 heteroatoms. The van der Waals surface area contributed by atoms with Gasteiger partial charge in [0.2, 0.25) is 23.7 Å². The lowest BCUT2D eigenvalue weighted by atomic mass is 9.81. The van der Waals surface area contributed by atoms with Crippen molar-refractivity contribution >= 4 is 23.7 Å². The first-order chi connectivity index (χ1) is 10.2. The van der Waals surface area contributed by atoms with E-state index in [2.05, 4.69) is 20.5 Å².